The fraction of sp³-hybridized carbons (Fsp3) is 0.667. The maximum atomic E-state index is 6.04. The molecule has 0 amide bonds. The summed E-state index contributed by atoms with van der Waals surface area (Å²) in [6, 6.07) is 8.83. The zero-order valence-electron chi connectivity index (χ0n) is 15.9. The minimum absolute atomic E-state index is 0. The van der Waals surface area contributed by atoms with E-state index < -0.39 is 0 Å². The Morgan fingerprint density at radius 1 is 1.30 bits per heavy atom. The SMILES string of the molecule is CCNC(=NCC1Cc2ccccc2O1)NC1C2CCOC2C12CCC2.I. The Labute approximate surface area is 178 Å². The summed E-state index contributed by atoms with van der Waals surface area (Å²) in [6.07, 6.45) is 6.70. The second kappa shape index (κ2) is 7.78. The number of aliphatic imine (C=N–C) groups is 1. The highest BCUT2D eigenvalue weighted by Crippen LogP contribution is 2.62. The van der Waals surface area contributed by atoms with Crippen LogP contribution in [-0.2, 0) is 11.2 Å². The van der Waals surface area contributed by atoms with Crippen molar-refractivity contribution in [2.45, 2.75) is 57.3 Å². The molecule has 4 aliphatic rings. The van der Waals surface area contributed by atoms with Crippen LogP contribution in [0.25, 0.3) is 0 Å². The van der Waals surface area contributed by atoms with Crippen LogP contribution in [0.15, 0.2) is 29.3 Å². The lowest BCUT2D eigenvalue weighted by Crippen LogP contribution is -2.72. The van der Waals surface area contributed by atoms with Gasteiger partial charge in [-0.05, 0) is 37.8 Å². The third-order valence-electron chi connectivity index (χ3n) is 6.84. The molecule has 5 nitrogen and oxygen atoms in total. The highest BCUT2D eigenvalue weighted by atomic mass is 127. The first-order valence-corrected chi connectivity index (χ1v) is 10.2. The van der Waals surface area contributed by atoms with E-state index in [0.717, 1.165) is 31.3 Å². The van der Waals surface area contributed by atoms with Gasteiger partial charge >= 0.3 is 0 Å². The number of nitrogens with one attached hydrogen (secondary N) is 2. The summed E-state index contributed by atoms with van der Waals surface area (Å²) >= 11 is 0. The van der Waals surface area contributed by atoms with Gasteiger partial charge in [0.2, 0.25) is 0 Å². The van der Waals surface area contributed by atoms with E-state index in [1.165, 1.54) is 31.2 Å². The van der Waals surface area contributed by atoms with Crippen molar-refractivity contribution < 1.29 is 9.47 Å². The summed E-state index contributed by atoms with van der Waals surface area (Å²) in [5.74, 6) is 2.61. The second-order valence-corrected chi connectivity index (χ2v) is 8.22. The zero-order chi connectivity index (χ0) is 17.6. The van der Waals surface area contributed by atoms with Crippen LogP contribution in [0.2, 0.25) is 0 Å². The molecule has 2 aliphatic carbocycles. The van der Waals surface area contributed by atoms with Gasteiger partial charge in [-0.25, -0.2) is 4.99 Å². The zero-order valence-corrected chi connectivity index (χ0v) is 18.3. The van der Waals surface area contributed by atoms with Crippen molar-refractivity contribution >= 4 is 29.9 Å². The molecule has 1 aromatic rings. The molecule has 2 aliphatic heterocycles. The van der Waals surface area contributed by atoms with Crippen molar-refractivity contribution in [2.75, 3.05) is 19.7 Å². The van der Waals surface area contributed by atoms with Crippen molar-refractivity contribution in [1.29, 1.82) is 0 Å². The summed E-state index contributed by atoms with van der Waals surface area (Å²) in [4.78, 5) is 4.87. The second-order valence-electron chi connectivity index (χ2n) is 8.22. The smallest absolute Gasteiger partial charge is 0.191 e. The van der Waals surface area contributed by atoms with Crippen molar-refractivity contribution in [3.8, 4) is 5.75 Å². The number of benzene rings is 1. The molecule has 3 fully saturated rings. The van der Waals surface area contributed by atoms with Gasteiger partial charge in [-0.1, -0.05) is 24.6 Å². The van der Waals surface area contributed by atoms with E-state index >= 15 is 0 Å². The summed E-state index contributed by atoms with van der Waals surface area (Å²) in [5.41, 5.74) is 1.67. The lowest BCUT2D eigenvalue weighted by atomic mass is 9.46. The fourth-order valence-electron chi connectivity index (χ4n) is 5.47. The molecule has 0 bridgehead atoms. The standard InChI is InChI=1S/C21H29N3O2.HI/c1-2-22-20(23-13-15-12-14-6-3-4-7-17(14)26-15)24-18-16-8-11-25-19(16)21(18)9-5-10-21;/h3-4,6-7,15-16,18-19H,2,5,8-13H2,1H3,(H2,22,23,24);1H. The van der Waals surface area contributed by atoms with E-state index in [4.69, 9.17) is 14.5 Å². The Hall–Kier alpha value is -1.02. The molecule has 2 heterocycles. The fourth-order valence-corrected chi connectivity index (χ4v) is 5.47. The quantitative estimate of drug-likeness (QED) is 0.393. The van der Waals surface area contributed by atoms with Crippen LogP contribution in [0.3, 0.4) is 0 Å². The molecule has 1 aromatic carbocycles. The number of nitrogens with zero attached hydrogens (tertiary/aromatic N) is 1. The van der Waals surface area contributed by atoms with Gasteiger partial charge in [0.25, 0.3) is 0 Å². The lowest BCUT2D eigenvalue weighted by Gasteiger charge is -2.63. The summed E-state index contributed by atoms with van der Waals surface area (Å²) in [7, 11) is 0. The van der Waals surface area contributed by atoms with Crippen LogP contribution in [0.4, 0.5) is 0 Å². The van der Waals surface area contributed by atoms with Gasteiger partial charge in [0.15, 0.2) is 5.96 Å². The number of hydrogen-bond donors (Lipinski definition) is 2. The lowest BCUT2D eigenvalue weighted by molar-refractivity contribution is -0.171. The van der Waals surface area contributed by atoms with E-state index in [1.54, 1.807) is 0 Å². The highest BCUT2D eigenvalue weighted by molar-refractivity contribution is 14.0. The number of para-hydroxylation sites is 1. The largest absolute Gasteiger partial charge is 0.488 e. The third kappa shape index (κ3) is 3.22. The van der Waals surface area contributed by atoms with Crippen molar-refractivity contribution in [3.05, 3.63) is 29.8 Å². The van der Waals surface area contributed by atoms with Gasteiger partial charge in [0.1, 0.15) is 11.9 Å². The number of hydrogen-bond acceptors (Lipinski definition) is 3. The molecule has 0 aromatic heterocycles. The van der Waals surface area contributed by atoms with Gasteiger partial charge in [0, 0.05) is 36.9 Å². The van der Waals surface area contributed by atoms with E-state index in [2.05, 4.69) is 35.8 Å². The molecule has 4 unspecified atom stereocenters. The molecule has 1 saturated heterocycles. The first-order valence-electron chi connectivity index (χ1n) is 10.2. The number of halogens is 1. The molecule has 0 radical (unpaired) electrons. The molecule has 4 atom stereocenters. The summed E-state index contributed by atoms with van der Waals surface area (Å²) in [6.45, 7) is 4.62. The Balaban J connectivity index is 0.00000180. The minimum Gasteiger partial charge on any atom is -0.488 e. The average Bonchev–Trinajstić information content (AvgIpc) is 3.20. The van der Waals surface area contributed by atoms with E-state index in [0.29, 0.717) is 30.0 Å². The van der Waals surface area contributed by atoms with Crippen LogP contribution in [-0.4, -0.2) is 43.9 Å². The van der Waals surface area contributed by atoms with Gasteiger partial charge in [-0.15, -0.1) is 24.0 Å². The van der Waals surface area contributed by atoms with Crippen LogP contribution >= 0.6 is 24.0 Å². The van der Waals surface area contributed by atoms with Crippen molar-refractivity contribution in [3.63, 3.8) is 0 Å². The monoisotopic (exact) mass is 483 g/mol. The van der Waals surface area contributed by atoms with Gasteiger partial charge < -0.3 is 20.1 Å². The molecule has 1 spiro atoms. The number of rotatable bonds is 4. The minimum atomic E-state index is 0. The molecule has 27 heavy (non-hydrogen) atoms. The van der Waals surface area contributed by atoms with Crippen LogP contribution < -0.4 is 15.4 Å². The Kier molecular flexibility index (Phi) is 5.56. The molecular weight excluding hydrogens is 453 g/mol. The van der Waals surface area contributed by atoms with Crippen LogP contribution in [0, 0.1) is 11.3 Å². The van der Waals surface area contributed by atoms with Crippen molar-refractivity contribution in [1.82, 2.24) is 10.6 Å². The first kappa shape index (κ1) is 19.3. The Morgan fingerprint density at radius 2 is 2.15 bits per heavy atom. The molecule has 5 rings (SSSR count). The molecular formula is C21H30IN3O2. The predicted octanol–water partition coefficient (Wildman–Crippen LogP) is 3.12. The van der Waals surface area contributed by atoms with E-state index in [1.807, 2.05) is 6.07 Å². The van der Waals surface area contributed by atoms with E-state index in [9.17, 15) is 0 Å². The molecule has 6 heteroatoms. The first-order chi connectivity index (χ1) is 12.8. The topological polar surface area (TPSA) is 54.9 Å². The molecule has 148 valence electrons. The van der Waals surface area contributed by atoms with E-state index in [-0.39, 0.29) is 30.1 Å². The maximum Gasteiger partial charge on any atom is 0.191 e. The van der Waals surface area contributed by atoms with Crippen LogP contribution in [0.5, 0.6) is 5.75 Å². The predicted molar refractivity (Wildman–Crippen MR) is 117 cm³/mol. The number of ether oxygens (including phenoxy) is 2. The number of guanidine groups is 1. The summed E-state index contributed by atoms with van der Waals surface area (Å²) < 4.78 is 12.1. The molecule has 2 saturated carbocycles. The molecule has 2 N–H and O–H groups in total. The van der Waals surface area contributed by atoms with Crippen molar-refractivity contribution in [2.24, 2.45) is 16.3 Å². The Bertz CT molecular complexity index is 681. The normalized spacial score (nSPS) is 32.4. The summed E-state index contributed by atoms with van der Waals surface area (Å²) in [5, 5.41) is 7.20. The van der Waals surface area contributed by atoms with Gasteiger partial charge in [-0.3, -0.25) is 0 Å². The highest BCUT2D eigenvalue weighted by Gasteiger charge is 2.66. The average molecular weight is 483 g/mol. The number of fused-ring (bicyclic) bond motifs is 3. The van der Waals surface area contributed by atoms with Crippen LogP contribution in [0.1, 0.15) is 38.2 Å². The Morgan fingerprint density at radius 3 is 2.89 bits per heavy atom. The van der Waals surface area contributed by atoms with Gasteiger partial charge in [-0.2, -0.15) is 0 Å². The third-order valence-corrected chi connectivity index (χ3v) is 6.84. The maximum absolute atomic E-state index is 6.04. The van der Waals surface area contributed by atoms with Gasteiger partial charge in [0.05, 0.1) is 12.6 Å².